The summed E-state index contributed by atoms with van der Waals surface area (Å²) in [5.41, 5.74) is 2.60. The Hall–Kier alpha value is -3.55. The third-order valence-corrected chi connectivity index (χ3v) is 5.58. The van der Waals surface area contributed by atoms with Gasteiger partial charge in [-0.3, -0.25) is 9.59 Å². The number of hydrogen-bond acceptors (Lipinski definition) is 5. The highest BCUT2D eigenvalue weighted by Crippen LogP contribution is 2.36. The lowest BCUT2D eigenvalue weighted by Crippen LogP contribution is -2.28. The average Bonchev–Trinajstić information content (AvgIpc) is 3.37. The molecule has 2 fully saturated rings. The molecule has 1 aliphatic carbocycles. The van der Waals surface area contributed by atoms with Gasteiger partial charge in [-0.2, -0.15) is 0 Å². The van der Waals surface area contributed by atoms with Gasteiger partial charge >= 0.3 is 0 Å². The van der Waals surface area contributed by atoms with Gasteiger partial charge in [0.2, 0.25) is 11.8 Å². The standard InChI is InChI=1S/C22H22N6O2/c29-20-12-17(14-27(20)13-15-5-2-1-3-6-15)22(30)23-18-8-4-7-16(11-18)21-24-25-26-28(21)19-9-10-19/h1-8,11,17,19H,9-10,12-14H2,(H,23,30)/t17-/m1/s1. The van der Waals surface area contributed by atoms with Crippen molar-refractivity contribution in [1.82, 2.24) is 25.1 Å². The van der Waals surface area contributed by atoms with Crippen LogP contribution in [0.1, 0.15) is 30.9 Å². The summed E-state index contributed by atoms with van der Waals surface area (Å²) in [5, 5.41) is 15.0. The van der Waals surface area contributed by atoms with E-state index in [1.54, 1.807) is 4.90 Å². The third kappa shape index (κ3) is 3.80. The highest BCUT2D eigenvalue weighted by molar-refractivity contribution is 5.97. The molecule has 30 heavy (non-hydrogen) atoms. The minimum atomic E-state index is -0.360. The minimum Gasteiger partial charge on any atom is -0.338 e. The van der Waals surface area contributed by atoms with E-state index in [9.17, 15) is 9.59 Å². The molecule has 5 rings (SSSR count). The van der Waals surface area contributed by atoms with Crippen LogP contribution in [0.2, 0.25) is 0 Å². The van der Waals surface area contributed by atoms with Crippen molar-refractivity contribution >= 4 is 17.5 Å². The van der Waals surface area contributed by atoms with Gasteiger partial charge in [-0.25, -0.2) is 4.68 Å². The van der Waals surface area contributed by atoms with Crippen LogP contribution in [0.25, 0.3) is 11.4 Å². The van der Waals surface area contributed by atoms with Crippen LogP contribution >= 0.6 is 0 Å². The molecule has 2 heterocycles. The molecule has 152 valence electrons. The van der Waals surface area contributed by atoms with Crippen molar-refractivity contribution in [3.63, 3.8) is 0 Å². The Morgan fingerprint density at radius 1 is 1.10 bits per heavy atom. The fourth-order valence-corrected chi connectivity index (χ4v) is 3.83. The number of carbonyl (C=O) groups is 2. The second kappa shape index (κ2) is 7.70. The molecule has 2 aromatic carbocycles. The van der Waals surface area contributed by atoms with Gasteiger partial charge < -0.3 is 10.2 Å². The Morgan fingerprint density at radius 2 is 1.93 bits per heavy atom. The Labute approximate surface area is 173 Å². The van der Waals surface area contributed by atoms with Crippen LogP contribution in [-0.4, -0.2) is 43.5 Å². The van der Waals surface area contributed by atoms with Crippen LogP contribution < -0.4 is 5.32 Å². The topological polar surface area (TPSA) is 93.0 Å². The van der Waals surface area contributed by atoms with Crippen LogP contribution in [0.5, 0.6) is 0 Å². The van der Waals surface area contributed by atoms with Gasteiger partial charge in [0.25, 0.3) is 0 Å². The number of likely N-dealkylation sites (tertiary alicyclic amines) is 1. The van der Waals surface area contributed by atoms with Crippen LogP contribution in [-0.2, 0) is 16.1 Å². The summed E-state index contributed by atoms with van der Waals surface area (Å²) in [7, 11) is 0. The van der Waals surface area contributed by atoms with Gasteiger partial charge in [-0.15, -0.1) is 5.10 Å². The van der Waals surface area contributed by atoms with Gasteiger partial charge in [0.05, 0.1) is 12.0 Å². The first-order valence-electron chi connectivity index (χ1n) is 10.2. The van der Waals surface area contributed by atoms with Crippen molar-refractivity contribution < 1.29 is 9.59 Å². The summed E-state index contributed by atoms with van der Waals surface area (Å²) < 4.78 is 1.85. The zero-order valence-electron chi connectivity index (χ0n) is 16.4. The number of carbonyl (C=O) groups excluding carboxylic acids is 2. The van der Waals surface area contributed by atoms with E-state index in [-0.39, 0.29) is 24.2 Å². The van der Waals surface area contributed by atoms with Crippen molar-refractivity contribution in [3.8, 4) is 11.4 Å². The van der Waals surface area contributed by atoms with Crippen molar-refractivity contribution in [2.45, 2.75) is 31.8 Å². The zero-order chi connectivity index (χ0) is 20.5. The lowest BCUT2D eigenvalue weighted by atomic mass is 10.1. The molecule has 0 unspecified atom stereocenters. The van der Waals surface area contributed by atoms with E-state index >= 15 is 0 Å². The number of hydrogen-bond donors (Lipinski definition) is 1. The monoisotopic (exact) mass is 402 g/mol. The molecule has 8 nitrogen and oxygen atoms in total. The lowest BCUT2D eigenvalue weighted by molar-refractivity contribution is -0.128. The number of tetrazole rings is 1. The zero-order valence-corrected chi connectivity index (χ0v) is 16.4. The van der Waals surface area contributed by atoms with Crippen LogP contribution in [0.15, 0.2) is 54.6 Å². The molecule has 1 saturated carbocycles. The first-order chi connectivity index (χ1) is 14.7. The molecular formula is C22H22N6O2. The Kier molecular flexibility index (Phi) is 4.74. The number of aromatic nitrogens is 4. The number of nitrogens with zero attached hydrogens (tertiary/aromatic N) is 5. The second-order valence-corrected chi connectivity index (χ2v) is 7.91. The van der Waals surface area contributed by atoms with E-state index in [1.165, 1.54) is 0 Å². The van der Waals surface area contributed by atoms with E-state index in [1.807, 2.05) is 59.3 Å². The molecule has 1 saturated heterocycles. The van der Waals surface area contributed by atoms with E-state index in [2.05, 4.69) is 20.8 Å². The summed E-state index contributed by atoms with van der Waals surface area (Å²) in [6, 6.07) is 17.7. The summed E-state index contributed by atoms with van der Waals surface area (Å²) in [6.07, 6.45) is 2.41. The number of rotatable bonds is 6. The molecule has 2 aliphatic rings. The lowest BCUT2D eigenvalue weighted by Gasteiger charge is -2.16. The number of benzene rings is 2. The molecule has 1 aliphatic heterocycles. The van der Waals surface area contributed by atoms with E-state index in [4.69, 9.17) is 0 Å². The maximum atomic E-state index is 12.8. The highest BCUT2D eigenvalue weighted by atomic mass is 16.2. The van der Waals surface area contributed by atoms with Crippen molar-refractivity contribution in [2.24, 2.45) is 5.92 Å². The summed E-state index contributed by atoms with van der Waals surface area (Å²) in [6.45, 7) is 0.960. The number of nitrogens with one attached hydrogen (secondary N) is 1. The molecule has 0 bridgehead atoms. The molecule has 1 N–H and O–H groups in total. The Morgan fingerprint density at radius 3 is 2.73 bits per heavy atom. The van der Waals surface area contributed by atoms with Gasteiger partial charge in [-0.05, 0) is 41.0 Å². The summed E-state index contributed by atoms with van der Waals surface area (Å²) in [5.74, 6) is 0.217. The molecule has 1 atom stereocenters. The molecule has 2 amide bonds. The third-order valence-electron chi connectivity index (χ3n) is 5.58. The van der Waals surface area contributed by atoms with Gasteiger partial charge in [-0.1, -0.05) is 42.5 Å². The maximum absolute atomic E-state index is 12.8. The number of amides is 2. The predicted molar refractivity (Wildman–Crippen MR) is 110 cm³/mol. The quantitative estimate of drug-likeness (QED) is 0.684. The van der Waals surface area contributed by atoms with Crippen LogP contribution in [0.4, 0.5) is 5.69 Å². The Balaban J connectivity index is 1.26. The van der Waals surface area contributed by atoms with Crippen molar-refractivity contribution in [1.29, 1.82) is 0 Å². The average molecular weight is 402 g/mol. The second-order valence-electron chi connectivity index (χ2n) is 7.91. The normalized spacial score (nSPS) is 18.6. The smallest absolute Gasteiger partial charge is 0.229 e. The van der Waals surface area contributed by atoms with Gasteiger partial charge in [0.15, 0.2) is 5.82 Å². The van der Waals surface area contributed by atoms with Crippen LogP contribution in [0, 0.1) is 5.92 Å². The van der Waals surface area contributed by atoms with Crippen molar-refractivity contribution in [2.75, 3.05) is 11.9 Å². The van der Waals surface area contributed by atoms with Crippen LogP contribution in [0.3, 0.4) is 0 Å². The van der Waals surface area contributed by atoms with Gasteiger partial charge in [0, 0.05) is 30.8 Å². The summed E-state index contributed by atoms with van der Waals surface area (Å²) in [4.78, 5) is 26.9. The van der Waals surface area contributed by atoms with Gasteiger partial charge in [0.1, 0.15) is 0 Å². The maximum Gasteiger partial charge on any atom is 0.229 e. The minimum absolute atomic E-state index is 0.0105. The molecular weight excluding hydrogens is 380 g/mol. The first-order valence-corrected chi connectivity index (χ1v) is 10.2. The largest absolute Gasteiger partial charge is 0.338 e. The molecule has 0 radical (unpaired) electrons. The van der Waals surface area contributed by atoms with E-state index in [0.29, 0.717) is 30.6 Å². The fraction of sp³-hybridized carbons (Fsp3) is 0.318. The first kappa shape index (κ1) is 18.5. The van der Waals surface area contributed by atoms with Crippen molar-refractivity contribution in [3.05, 3.63) is 60.2 Å². The van der Waals surface area contributed by atoms with E-state index < -0.39 is 0 Å². The highest BCUT2D eigenvalue weighted by Gasteiger charge is 2.34. The Bertz CT molecular complexity index is 1080. The fourth-order valence-electron chi connectivity index (χ4n) is 3.83. The molecule has 3 aromatic rings. The SMILES string of the molecule is O=C(Nc1cccc(-c2nnnn2C2CC2)c1)[C@@H]1CC(=O)N(Cc2ccccc2)C1. The summed E-state index contributed by atoms with van der Waals surface area (Å²) >= 11 is 0. The predicted octanol–water partition coefficient (Wildman–Crippen LogP) is 2.66. The molecule has 8 heteroatoms. The molecule has 0 spiro atoms. The molecule has 1 aromatic heterocycles. The van der Waals surface area contributed by atoms with E-state index in [0.717, 1.165) is 24.0 Å². The number of anilines is 1.